The largest absolute Gasteiger partial charge is 0.503 e. The van der Waals surface area contributed by atoms with Crippen molar-refractivity contribution in [1.29, 1.82) is 0 Å². The molecule has 28 heavy (non-hydrogen) atoms. The zero-order valence-electron chi connectivity index (χ0n) is 15.3. The molecule has 0 radical (unpaired) electrons. The van der Waals surface area contributed by atoms with Crippen molar-refractivity contribution in [3.05, 3.63) is 61.7 Å². The van der Waals surface area contributed by atoms with Crippen molar-refractivity contribution in [2.24, 2.45) is 0 Å². The summed E-state index contributed by atoms with van der Waals surface area (Å²) >= 11 is 6.69. The van der Waals surface area contributed by atoms with E-state index in [4.69, 9.17) is 4.74 Å². The molecule has 0 aromatic heterocycles. The summed E-state index contributed by atoms with van der Waals surface area (Å²) in [6, 6.07) is 8.77. The van der Waals surface area contributed by atoms with Gasteiger partial charge in [-0.05, 0) is 69.0 Å². The van der Waals surface area contributed by atoms with E-state index in [1.807, 2.05) is 31.2 Å². The highest BCUT2D eigenvalue weighted by Gasteiger charge is 2.33. The number of phenols is 1. The molecule has 6 nitrogen and oxygen atoms in total. The minimum absolute atomic E-state index is 0.0429. The predicted molar refractivity (Wildman–Crippen MR) is 113 cm³/mol. The molecule has 1 aliphatic rings. The van der Waals surface area contributed by atoms with Gasteiger partial charge in [-0.1, -0.05) is 29.8 Å². The Hall–Kier alpha value is -2.32. The Morgan fingerprint density at radius 3 is 2.50 bits per heavy atom. The SMILES string of the molecule is CCOc1cc(/C=C2/NC(=O)N(Cc3ccc(C)cc3)C2=O)c(Br)c(Br)c1O. The van der Waals surface area contributed by atoms with Crippen molar-refractivity contribution in [2.45, 2.75) is 20.4 Å². The molecule has 1 heterocycles. The summed E-state index contributed by atoms with van der Waals surface area (Å²) in [6.07, 6.45) is 1.55. The summed E-state index contributed by atoms with van der Waals surface area (Å²) in [6.45, 7) is 4.34. The van der Waals surface area contributed by atoms with Gasteiger partial charge in [0.05, 0.1) is 17.6 Å². The number of aryl methyl sites for hydroxylation is 1. The predicted octanol–water partition coefficient (Wildman–Crippen LogP) is 4.72. The van der Waals surface area contributed by atoms with Crippen molar-refractivity contribution in [3.8, 4) is 11.5 Å². The van der Waals surface area contributed by atoms with E-state index in [0.29, 0.717) is 21.1 Å². The van der Waals surface area contributed by atoms with Gasteiger partial charge in [0.1, 0.15) is 5.70 Å². The van der Waals surface area contributed by atoms with Gasteiger partial charge in [0.2, 0.25) is 0 Å². The lowest BCUT2D eigenvalue weighted by molar-refractivity contribution is -0.123. The Morgan fingerprint density at radius 2 is 1.86 bits per heavy atom. The molecular formula is C20H18Br2N2O4. The van der Waals surface area contributed by atoms with Gasteiger partial charge in [-0.3, -0.25) is 9.69 Å². The molecule has 1 aliphatic heterocycles. The first-order valence-electron chi connectivity index (χ1n) is 8.55. The Kier molecular flexibility index (Phi) is 6.10. The van der Waals surface area contributed by atoms with Crippen LogP contribution >= 0.6 is 31.9 Å². The summed E-state index contributed by atoms with van der Waals surface area (Å²) in [5.74, 6) is -0.184. The fourth-order valence-electron chi connectivity index (χ4n) is 2.73. The van der Waals surface area contributed by atoms with Gasteiger partial charge in [0.15, 0.2) is 11.5 Å². The van der Waals surface area contributed by atoms with Crippen LogP contribution in [0.4, 0.5) is 4.79 Å². The summed E-state index contributed by atoms with van der Waals surface area (Å²) < 4.78 is 6.37. The van der Waals surface area contributed by atoms with Gasteiger partial charge < -0.3 is 15.2 Å². The fraction of sp³-hybridized carbons (Fsp3) is 0.200. The van der Waals surface area contributed by atoms with Crippen LogP contribution in [-0.4, -0.2) is 28.6 Å². The number of amides is 3. The van der Waals surface area contributed by atoms with Crippen molar-refractivity contribution < 1.29 is 19.4 Å². The highest BCUT2D eigenvalue weighted by molar-refractivity contribution is 9.13. The summed E-state index contributed by atoms with van der Waals surface area (Å²) in [7, 11) is 0. The van der Waals surface area contributed by atoms with Gasteiger partial charge in [0, 0.05) is 4.47 Å². The Morgan fingerprint density at radius 1 is 1.18 bits per heavy atom. The minimum atomic E-state index is -0.476. The van der Waals surface area contributed by atoms with E-state index in [1.165, 1.54) is 0 Å². The molecule has 1 fully saturated rings. The lowest BCUT2D eigenvalue weighted by Gasteiger charge is -2.12. The Balaban J connectivity index is 1.90. The molecular weight excluding hydrogens is 492 g/mol. The van der Waals surface area contributed by atoms with E-state index in [-0.39, 0.29) is 23.7 Å². The molecule has 0 spiro atoms. The lowest BCUT2D eigenvalue weighted by Crippen LogP contribution is -2.30. The molecule has 146 valence electrons. The first-order chi connectivity index (χ1) is 13.3. The van der Waals surface area contributed by atoms with Crippen LogP contribution in [0.15, 0.2) is 45.0 Å². The maximum Gasteiger partial charge on any atom is 0.329 e. The molecule has 3 amide bonds. The fourth-order valence-corrected chi connectivity index (χ4v) is 3.57. The molecule has 8 heteroatoms. The van der Waals surface area contributed by atoms with E-state index in [9.17, 15) is 14.7 Å². The van der Waals surface area contributed by atoms with Crippen molar-refractivity contribution in [1.82, 2.24) is 10.2 Å². The van der Waals surface area contributed by atoms with Gasteiger partial charge in [-0.15, -0.1) is 0 Å². The molecule has 0 atom stereocenters. The molecule has 2 aromatic rings. The van der Waals surface area contributed by atoms with Gasteiger partial charge >= 0.3 is 6.03 Å². The Bertz CT molecular complexity index is 971. The van der Waals surface area contributed by atoms with Crippen molar-refractivity contribution in [2.75, 3.05) is 6.61 Å². The second-order valence-corrected chi connectivity index (χ2v) is 7.82. The third-order valence-electron chi connectivity index (χ3n) is 4.20. The number of aromatic hydroxyl groups is 1. The molecule has 2 N–H and O–H groups in total. The van der Waals surface area contributed by atoms with E-state index >= 15 is 0 Å². The smallest absolute Gasteiger partial charge is 0.329 e. The first kappa shape index (κ1) is 20.4. The number of carbonyl (C=O) groups is 2. The number of hydrogen-bond acceptors (Lipinski definition) is 4. The first-order valence-corrected chi connectivity index (χ1v) is 10.1. The van der Waals surface area contributed by atoms with Gasteiger partial charge in [-0.25, -0.2) is 4.79 Å². The van der Waals surface area contributed by atoms with Crippen LogP contribution in [0.2, 0.25) is 0 Å². The van der Waals surface area contributed by atoms with Crippen LogP contribution in [0.1, 0.15) is 23.6 Å². The average Bonchev–Trinajstić information content (AvgIpc) is 2.93. The molecule has 1 saturated heterocycles. The lowest BCUT2D eigenvalue weighted by atomic mass is 10.1. The number of benzene rings is 2. The topological polar surface area (TPSA) is 78.9 Å². The van der Waals surface area contributed by atoms with Crippen LogP contribution in [-0.2, 0) is 11.3 Å². The van der Waals surface area contributed by atoms with E-state index in [0.717, 1.165) is 16.0 Å². The maximum atomic E-state index is 12.7. The minimum Gasteiger partial charge on any atom is -0.503 e. The third kappa shape index (κ3) is 4.07. The van der Waals surface area contributed by atoms with Crippen molar-refractivity contribution in [3.63, 3.8) is 0 Å². The molecule has 0 bridgehead atoms. The molecule has 0 saturated carbocycles. The molecule has 2 aromatic carbocycles. The maximum absolute atomic E-state index is 12.7. The average molecular weight is 510 g/mol. The highest BCUT2D eigenvalue weighted by Crippen LogP contribution is 2.42. The Labute approximate surface area is 179 Å². The number of carbonyl (C=O) groups excluding carboxylic acids is 2. The second kappa shape index (κ2) is 8.36. The summed E-state index contributed by atoms with van der Waals surface area (Å²) in [5.41, 5.74) is 2.70. The number of nitrogens with zero attached hydrogens (tertiary/aromatic N) is 1. The standard InChI is InChI=1S/C20H18Br2N2O4/c1-3-28-15-9-13(16(21)17(22)18(15)25)8-14-19(26)24(20(27)23-14)10-12-6-4-11(2)5-7-12/h4-9,25H,3,10H2,1-2H3,(H,23,27)/b14-8+. The summed E-state index contributed by atoms with van der Waals surface area (Å²) in [4.78, 5) is 26.2. The highest BCUT2D eigenvalue weighted by atomic mass is 79.9. The number of urea groups is 1. The number of hydrogen-bond donors (Lipinski definition) is 2. The van der Waals surface area contributed by atoms with Crippen LogP contribution in [0, 0.1) is 6.92 Å². The van der Waals surface area contributed by atoms with Crippen LogP contribution in [0.5, 0.6) is 11.5 Å². The molecule has 3 rings (SSSR count). The molecule has 0 aliphatic carbocycles. The molecule has 0 unspecified atom stereocenters. The number of ether oxygens (including phenoxy) is 1. The zero-order valence-corrected chi connectivity index (χ0v) is 18.4. The normalized spacial score (nSPS) is 15.3. The third-order valence-corrected chi connectivity index (χ3v) is 6.36. The number of imide groups is 1. The number of phenolic OH excluding ortho intramolecular Hbond substituents is 1. The summed E-state index contributed by atoms with van der Waals surface area (Å²) in [5, 5.41) is 12.8. The van der Waals surface area contributed by atoms with E-state index in [2.05, 4.69) is 37.2 Å². The van der Waals surface area contributed by atoms with E-state index < -0.39 is 11.9 Å². The van der Waals surface area contributed by atoms with Gasteiger partial charge in [0.25, 0.3) is 5.91 Å². The van der Waals surface area contributed by atoms with Crippen LogP contribution < -0.4 is 10.1 Å². The van der Waals surface area contributed by atoms with Crippen LogP contribution in [0.3, 0.4) is 0 Å². The van der Waals surface area contributed by atoms with E-state index in [1.54, 1.807) is 19.1 Å². The monoisotopic (exact) mass is 508 g/mol. The quantitative estimate of drug-likeness (QED) is 0.451. The van der Waals surface area contributed by atoms with Crippen molar-refractivity contribution >= 4 is 49.9 Å². The zero-order chi connectivity index (χ0) is 20.4. The second-order valence-electron chi connectivity index (χ2n) is 6.24. The number of halogens is 2. The number of rotatable bonds is 5. The van der Waals surface area contributed by atoms with Gasteiger partial charge in [-0.2, -0.15) is 0 Å². The van der Waals surface area contributed by atoms with Crippen LogP contribution in [0.25, 0.3) is 6.08 Å². The number of nitrogens with one attached hydrogen (secondary N) is 1.